The van der Waals surface area contributed by atoms with Crippen LogP contribution in [0.1, 0.15) is 35.6 Å². The molecule has 0 aliphatic heterocycles. The molecule has 1 aromatic carbocycles. The highest BCUT2D eigenvalue weighted by Crippen LogP contribution is 2.22. The van der Waals surface area contributed by atoms with Crippen molar-refractivity contribution in [1.82, 2.24) is 5.43 Å². The second kappa shape index (κ2) is 6.11. The van der Waals surface area contributed by atoms with Crippen LogP contribution < -0.4 is 11.3 Å². The smallest absolute Gasteiger partial charge is 0.0463 e. The first-order chi connectivity index (χ1) is 7.19. The fraction of sp³-hybridized carbons (Fsp3) is 0.500. The Hall–Kier alpha value is -0.570. The van der Waals surface area contributed by atoms with Crippen molar-refractivity contribution in [2.75, 3.05) is 5.88 Å². The van der Waals surface area contributed by atoms with Gasteiger partial charge in [-0.15, -0.1) is 11.6 Å². The summed E-state index contributed by atoms with van der Waals surface area (Å²) in [7, 11) is 0. The van der Waals surface area contributed by atoms with E-state index in [0.29, 0.717) is 5.88 Å². The summed E-state index contributed by atoms with van der Waals surface area (Å²) in [5, 5.41) is 0. The van der Waals surface area contributed by atoms with E-state index in [2.05, 4.69) is 37.5 Å². The van der Waals surface area contributed by atoms with Crippen molar-refractivity contribution in [2.24, 2.45) is 5.84 Å². The molecule has 3 N–H and O–H groups in total. The minimum absolute atomic E-state index is 0.212. The predicted octanol–water partition coefficient (Wildman–Crippen LogP) is 2.83. The van der Waals surface area contributed by atoms with E-state index in [0.717, 1.165) is 12.8 Å². The monoisotopic (exact) mass is 226 g/mol. The zero-order valence-corrected chi connectivity index (χ0v) is 10.1. The van der Waals surface area contributed by atoms with Crippen molar-refractivity contribution < 1.29 is 0 Å². The lowest BCUT2D eigenvalue weighted by molar-refractivity contribution is 0.509. The van der Waals surface area contributed by atoms with Gasteiger partial charge in [0.1, 0.15) is 0 Å². The van der Waals surface area contributed by atoms with Crippen LogP contribution in [0.2, 0.25) is 0 Å². The van der Waals surface area contributed by atoms with Gasteiger partial charge in [-0.25, -0.2) is 0 Å². The molecule has 3 heteroatoms. The maximum Gasteiger partial charge on any atom is 0.0463 e. The van der Waals surface area contributed by atoms with Gasteiger partial charge >= 0.3 is 0 Å². The molecule has 15 heavy (non-hydrogen) atoms. The number of halogens is 1. The van der Waals surface area contributed by atoms with Crippen LogP contribution in [0.3, 0.4) is 0 Å². The maximum absolute atomic E-state index is 5.69. The van der Waals surface area contributed by atoms with Crippen LogP contribution >= 0.6 is 11.6 Å². The van der Waals surface area contributed by atoms with Crippen molar-refractivity contribution >= 4 is 11.6 Å². The lowest BCUT2D eigenvalue weighted by atomic mass is 9.96. The first-order valence-electron chi connectivity index (χ1n) is 5.28. The molecule has 0 aromatic heterocycles. The average molecular weight is 227 g/mol. The van der Waals surface area contributed by atoms with Gasteiger partial charge < -0.3 is 0 Å². The van der Waals surface area contributed by atoms with Gasteiger partial charge in [-0.2, -0.15) is 0 Å². The molecule has 0 saturated heterocycles. The topological polar surface area (TPSA) is 38.0 Å². The Morgan fingerprint density at radius 1 is 1.40 bits per heavy atom. The molecule has 0 bridgehead atoms. The van der Waals surface area contributed by atoms with Crippen LogP contribution in [0.4, 0.5) is 0 Å². The van der Waals surface area contributed by atoms with Crippen molar-refractivity contribution in [3.63, 3.8) is 0 Å². The van der Waals surface area contributed by atoms with E-state index in [1.165, 1.54) is 16.7 Å². The number of nitrogens with one attached hydrogen (secondary N) is 1. The molecule has 0 radical (unpaired) electrons. The fourth-order valence-corrected chi connectivity index (χ4v) is 1.90. The Balaban J connectivity index is 2.85. The lowest BCUT2D eigenvalue weighted by Gasteiger charge is -2.18. The summed E-state index contributed by atoms with van der Waals surface area (Å²) in [6, 6.07) is 6.65. The largest absolute Gasteiger partial charge is 0.271 e. The summed E-state index contributed by atoms with van der Waals surface area (Å²) in [4.78, 5) is 0. The van der Waals surface area contributed by atoms with Crippen LogP contribution in [0.25, 0.3) is 0 Å². The van der Waals surface area contributed by atoms with Crippen LogP contribution in [-0.2, 0) is 0 Å². The van der Waals surface area contributed by atoms with E-state index in [-0.39, 0.29) is 6.04 Å². The molecule has 1 aromatic rings. The summed E-state index contributed by atoms with van der Waals surface area (Å²) >= 11 is 5.69. The molecule has 0 aliphatic rings. The minimum Gasteiger partial charge on any atom is -0.271 e. The third-order valence-corrected chi connectivity index (χ3v) is 2.91. The summed E-state index contributed by atoms with van der Waals surface area (Å²) in [6.07, 6.45) is 1.95. The number of benzene rings is 1. The first kappa shape index (κ1) is 12.5. The van der Waals surface area contributed by atoms with E-state index in [1.54, 1.807) is 0 Å². The van der Waals surface area contributed by atoms with Gasteiger partial charge in [-0.3, -0.25) is 11.3 Å². The second-order valence-corrected chi connectivity index (χ2v) is 4.29. The summed E-state index contributed by atoms with van der Waals surface area (Å²) in [6.45, 7) is 4.21. The quantitative estimate of drug-likeness (QED) is 0.460. The molecule has 0 fully saturated rings. The predicted molar refractivity (Wildman–Crippen MR) is 65.9 cm³/mol. The normalized spacial score (nSPS) is 12.8. The molecule has 84 valence electrons. The van der Waals surface area contributed by atoms with Crippen LogP contribution in [0.15, 0.2) is 18.2 Å². The van der Waals surface area contributed by atoms with Crippen LogP contribution in [0.5, 0.6) is 0 Å². The third kappa shape index (κ3) is 3.49. The molecular formula is C12H19ClN2. The molecule has 0 spiro atoms. The molecule has 0 saturated carbocycles. The lowest BCUT2D eigenvalue weighted by Crippen LogP contribution is -2.28. The fourth-order valence-electron chi connectivity index (χ4n) is 1.75. The zero-order chi connectivity index (χ0) is 11.3. The first-order valence-corrected chi connectivity index (χ1v) is 5.81. The van der Waals surface area contributed by atoms with Crippen molar-refractivity contribution in [3.05, 3.63) is 34.9 Å². The van der Waals surface area contributed by atoms with E-state index in [1.807, 2.05) is 0 Å². The summed E-state index contributed by atoms with van der Waals surface area (Å²) in [5.74, 6) is 6.26. The van der Waals surface area contributed by atoms with E-state index in [9.17, 15) is 0 Å². The Kier molecular flexibility index (Phi) is 5.09. The van der Waals surface area contributed by atoms with Gasteiger partial charge in [-0.1, -0.05) is 23.8 Å². The van der Waals surface area contributed by atoms with Gasteiger partial charge in [0.25, 0.3) is 0 Å². The van der Waals surface area contributed by atoms with Gasteiger partial charge in [0.2, 0.25) is 0 Å². The molecule has 1 atom stereocenters. The van der Waals surface area contributed by atoms with Crippen LogP contribution in [0, 0.1) is 13.8 Å². The highest BCUT2D eigenvalue weighted by Gasteiger charge is 2.11. The second-order valence-electron chi connectivity index (χ2n) is 3.91. The van der Waals surface area contributed by atoms with Gasteiger partial charge in [0.05, 0.1) is 0 Å². The number of hydrogen-bond donors (Lipinski definition) is 2. The Bertz CT molecular complexity index is 312. The summed E-state index contributed by atoms with van der Waals surface area (Å²) < 4.78 is 0. The third-order valence-electron chi connectivity index (χ3n) is 2.64. The van der Waals surface area contributed by atoms with Crippen molar-refractivity contribution in [2.45, 2.75) is 32.7 Å². The number of nitrogens with two attached hydrogens (primary N) is 1. The average Bonchev–Trinajstić information content (AvgIpc) is 2.24. The maximum atomic E-state index is 5.69. The van der Waals surface area contributed by atoms with E-state index < -0.39 is 0 Å². The number of rotatable bonds is 5. The van der Waals surface area contributed by atoms with Gasteiger partial charge in [-0.05, 0) is 37.8 Å². The molecule has 1 unspecified atom stereocenters. The molecule has 2 nitrogen and oxygen atoms in total. The molecule has 0 aliphatic carbocycles. The Labute approximate surface area is 96.8 Å². The molecular weight excluding hydrogens is 208 g/mol. The molecule has 0 amide bonds. The number of alkyl halides is 1. The van der Waals surface area contributed by atoms with Crippen molar-refractivity contribution in [1.29, 1.82) is 0 Å². The Morgan fingerprint density at radius 2 is 2.13 bits per heavy atom. The van der Waals surface area contributed by atoms with Gasteiger partial charge in [0.15, 0.2) is 0 Å². The molecule has 1 rings (SSSR count). The van der Waals surface area contributed by atoms with Crippen molar-refractivity contribution in [3.8, 4) is 0 Å². The zero-order valence-electron chi connectivity index (χ0n) is 9.39. The highest BCUT2D eigenvalue weighted by atomic mass is 35.5. The standard InChI is InChI=1S/C12H19ClN2/c1-9-5-6-10(2)11(8-9)12(15-14)4-3-7-13/h5-6,8,12,15H,3-4,7,14H2,1-2H3. The SMILES string of the molecule is Cc1ccc(C)c(C(CCCCl)NN)c1. The number of hydrogen-bond acceptors (Lipinski definition) is 2. The van der Waals surface area contributed by atoms with E-state index >= 15 is 0 Å². The minimum atomic E-state index is 0.212. The van der Waals surface area contributed by atoms with Gasteiger partial charge in [0, 0.05) is 11.9 Å². The Morgan fingerprint density at radius 3 is 2.73 bits per heavy atom. The molecule has 0 heterocycles. The van der Waals surface area contributed by atoms with E-state index in [4.69, 9.17) is 17.4 Å². The summed E-state index contributed by atoms with van der Waals surface area (Å²) in [5.41, 5.74) is 6.68. The van der Waals surface area contributed by atoms with Crippen LogP contribution in [-0.4, -0.2) is 5.88 Å². The number of aryl methyl sites for hydroxylation is 2. The number of hydrazine groups is 1. The highest BCUT2D eigenvalue weighted by molar-refractivity contribution is 6.17.